The number of benzene rings is 2. The van der Waals surface area contributed by atoms with Crippen LogP contribution in [0.2, 0.25) is 0 Å². The van der Waals surface area contributed by atoms with Gasteiger partial charge in [-0.15, -0.1) is 0 Å². The third-order valence-corrected chi connectivity index (χ3v) is 10.9. The number of hydrogen-bond acceptors (Lipinski definition) is 1. The first kappa shape index (κ1) is 18.6. The van der Waals surface area contributed by atoms with Crippen molar-refractivity contribution in [3.63, 3.8) is 0 Å². The third kappa shape index (κ3) is 2.75. The molecule has 166 valence electrons. The van der Waals surface area contributed by atoms with Crippen LogP contribution in [0, 0.1) is 29.6 Å². The number of anilines is 1. The predicted molar refractivity (Wildman–Crippen MR) is 132 cm³/mol. The van der Waals surface area contributed by atoms with Crippen LogP contribution >= 0.6 is 0 Å². The lowest BCUT2D eigenvalue weighted by atomic mass is 9.48. The van der Waals surface area contributed by atoms with Gasteiger partial charge in [0.25, 0.3) is 0 Å². The highest BCUT2D eigenvalue weighted by Crippen LogP contribution is 2.61. The van der Waals surface area contributed by atoms with Crippen LogP contribution in [0.25, 0.3) is 11.1 Å². The zero-order valence-corrected chi connectivity index (χ0v) is 19.4. The summed E-state index contributed by atoms with van der Waals surface area (Å²) in [4.78, 5) is 2.85. The van der Waals surface area contributed by atoms with Crippen LogP contribution < -0.4 is 4.90 Å². The molecule has 2 aromatic rings. The Balaban J connectivity index is 1.13. The molecule has 0 spiro atoms. The smallest absolute Gasteiger partial charge is 0.0377 e. The monoisotopic (exact) mass is 423 g/mol. The molecular weight excluding hydrogens is 386 g/mol. The summed E-state index contributed by atoms with van der Waals surface area (Å²) in [7, 11) is 0. The van der Waals surface area contributed by atoms with Gasteiger partial charge in [-0.2, -0.15) is 0 Å². The van der Waals surface area contributed by atoms with E-state index in [9.17, 15) is 0 Å². The van der Waals surface area contributed by atoms with E-state index in [1.165, 1.54) is 87.4 Å². The van der Waals surface area contributed by atoms with Gasteiger partial charge in [0, 0.05) is 17.8 Å². The summed E-state index contributed by atoms with van der Waals surface area (Å²) >= 11 is 0. The molecule has 0 N–H and O–H groups in total. The zero-order chi connectivity index (χ0) is 20.9. The van der Waals surface area contributed by atoms with E-state index in [-0.39, 0.29) is 0 Å². The van der Waals surface area contributed by atoms with Crippen LogP contribution in [0.4, 0.5) is 5.69 Å². The van der Waals surface area contributed by atoms with E-state index >= 15 is 0 Å². The molecule has 8 bridgehead atoms. The van der Waals surface area contributed by atoms with Gasteiger partial charge in [-0.1, -0.05) is 36.4 Å². The first-order valence-electron chi connectivity index (χ1n) is 13.7. The van der Waals surface area contributed by atoms with E-state index < -0.39 is 0 Å². The Hall–Kier alpha value is -1.76. The summed E-state index contributed by atoms with van der Waals surface area (Å²) in [5.74, 6) is 5.08. The molecule has 6 aliphatic carbocycles. The highest BCUT2D eigenvalue weighted by Gasteiger charge is 2.51. The van der Waals surface area contributed by atoms with E-state index in [2.05, 4.69) is 53.4 Å². The maximum Gasteiger partial charge on any atom is 0.0377 e. The van der Waals surface area contributed by atoms with E-state index in [4.69, 9.17) is 0 Å². The molecule has 8 fully saturated rings. The molecule has 32 heavy (non-hydrogen) atoms. The van der Waals surface area contributed by atoms with Crippen LogP contribution in [0.1, 0.15) is 76.2 Å². The Kier molecular flexibility index (Phi) is 3.87. The second-order valence-electron chi connectivity index (χ2n) is 13.0. The van der Waals surface area contributed by atoms with Gasteiger partial charge >= 0.3 is 0 Å². The van der Waals surface area contributed by atoms with Gasteiger partial charge in [-0.3, -0.25) is 0 Å². The molecule has 1 heteroatoms. The molecule has 2 heterocycles. The highest BCUT2D eigenvalue weighted by atomic mass is 15.2. The standard InChI is InChI=1S/C31H37N/c1-3-25(15-27(5-1)31-17-22-8-23(18-31)10-24(9-22)19-31)26-4-2-6-28(16-26)32-29-11-20-7-21(13-29)14-30(32)12-20/h1-6,15-16,20-24,29-30H,7-14,17-19H2. The maximum atomic E-state index is 2.85. The highest BCUT2D eigenvalue weighted by molar-refractivity contribution is 5.70. The van der Waals surface area contributed by atoms with Crippen LogP contribution in [-0.2, 0) is 5.41 Å². The van der Waals surface area contributed by atoms with Gasteiger partial charge in [0.2, 0.25) is 0 Å². The van der Waals surface area contributed by atoms with Gasteiger partial charge in [-0.25, -0.2) is 0 Å². The lowest BCUT2D eigenvalue weighted by molar-refractivity contribution is -0.00516. The van der Waals surface area contributed by atoms with Crippen molar-refractivity contribution in [2.24, 2.45) is 29.6 Å². The molecule has 2 aliphatic heterocycles. The number of rotatable bonds is 3. The lowest BCUT2D eigenvalue weighted by Gasteiger charge is -2.57. The van der Waals surface area contributed by atoms with Crippen LogP contribution in [0.15, 0.2) is 48.5 Å². The second-order valence-corrected chi connectivity index (χ2v) is 13.0. The molecule has 0 unspecified atom stereocenters. The van der Waals surface area contributed by atoms with Crippen LogP contribution in [0.5, 0.6) is 0 Å². The summed E-state index contributed by atoms with van der Waals surface area (Å²) in [5, 5.41) is 0. The molecule has 2 aromatic carbocycles. The SMILES string of the molecule is c1cc(-c2cccc(C34CC5CC(CC(C5)C3)C4)c2)cc(N2C3CC4CC(C3)CC2C4)c1. The molecule has 1 nitrogen and oxygen atoms in total. The quantitative estimate of drug-likeness (QED) is 0.491. The van der Waals surface area contributed by atoms with Gasteiger partial charge in [0.05, 0.1) is 0 Å². The first-order valence-corrected chi connectivity index (χ1v) is 13.7. The van der Waals surface area contributed by atoms with E-state index in [1.807, 2.05) is 0 Å². The molecule has 10 rings (SSSR count). The topological polar surface area (TPSA) is 3.24 Å². The summed E-state index contributed by atoms with van der Waals surface area (Å²) in [6.45, 7) is 0. The van der Waals surface area contributed by atoms with E-state index in [0.717, 1.165) is 41.7 Å². The van der Waals surface area contributed by atoms with Crippen molar-refractivity contribution < 1.29 is 0 Å². The van der Waals surface area contributed by atoms with Gasteiger partial charge in [-0.05, 0) is 134 Å². The molecule has 2 saturated heterocycles. The van der Waals surface area contributed by atoms with Crippen LogP contribution in [0.3, 0.4) is 0 Å². The molecule has 0 atom stereocenters. The third-order valence-electron chi connectivity index (χ3n) is 10.9. The Labute approximate surface area is 193 Å². The van der Waals surface area contributed by atoms with Crippen molar-refractivity contribution in [1.29, 1.82) is 0 Å². The van der Waals surface area contributed by atoms with Crippen molar-refractivity contribution in [3.05, 3.63) is 54.1 Å². The average molecular weight is 424 g/mol. The summed E-state index contributed by atoms with van der Waals surface area (Å²) in [5.41, 5.74) is 6.53. The maximum absolute atomic E-state index is 2.85. The zero-order valence-electron chi connectivity index (χ0n) is 19.4. The molecular formula is C31H37N. The molecule has 0 amide bonds. The van der Waals surface area contributed by atoms with Gasteiger partial charge in [0.15, 0.2) is 0 Å². The summed E-state index contributed by atoms with van der Waals surface area (Å²) in [6, 6.07) is 21.0. The first-order chi connectivity index (χ1) is 15.7. The Morgan fingerprint density at radius 1 is 0.562 bits per heavy atom. The van der Waals surface area contributed by atoms with Crippen molar-refractivity contribution in [1.82, 2.24) is 0 Å². The number of piperidine rings is 2. The van der Waals surface area contributed by atoms with Crippen molar-refractivity contribution in [3.8, 4) is 11.1 Å². The fraction of sp³-hybridized carbons (Fsp3) is 0.613. The largest absolute Gasteiger partial charge is 0.366 e. The molecule has 6 saturated carbocycles. The van der Waals surface area contributed by atoms with Crippen molar-refractivity contribution in [2.75, 3.05) is 4.90 Å². The van der Waals surface area contributed by atoms with E-state index in [1.54, 1.807) is 5.56 Å². The minimum absolute atomic E-state index is 0.493. The fourth-order valence-corrected chi connectivity index (χ4v) is 10.3. The van der Waals surface area contributed by atoms with Crippen molar-refractivity contribution >= 4 is 5.69 Å². The van der Waals surface area contributed by atoms with E-state index in [0.29, 0.717) is 5.41 Å². The predicted octanol–water partition coefficient (Wildman–Crippen LogP) is 7.59. The van der Waals surface area contributed by atoms with Gasteiger partial charge in [0.1, 0.15) is 0 Å². The van der Waals surface area contributed by atoms with Crippen molar-refractivity contribution in [2.45, 2.75) is 88.1 Å². The number of hydrogen-bond donors (Lipinski definition) is 0. The van der Waals surface area contributed by atoms with Gasteiger partial charge < -0.3 is 4.90 Å². The minimum atomic E-state index is 0.493. The summed E-state index contributed by atoms with van der Waals surface area (Å²) < 4.78 is 0. The summed E-state index contributed by atoms with van der Waals surface area (Å²) in [6.07, 6.45) is 16.3. The Bertz CT molecular complexity index is 987. The Morgan fingerprint density at radius 3 is 1.72 bits per heavy atom. The van der Waals surface area contributed by atoms with Crippen LogP contribution in [-0.4, -0.2) is 12.1 Å². The fourth-order valence-electron chi connectivity index (χ4n) is 10.3. The normalized spacial score (nSPS) is 43.2. The molecule has 0 radical (unpaired) electrons. The molecule has 8 aliphatic rings. The number of nitrogens with zero attached hydrogens (tertiary/aromatic N) is 1. The lowest BCUT2D eigenvalue weighted by Crippen LogP contribution is -2.58. The average Bonchev–Trinajstić information content (AvgIpc) is 2.78. The minimum Gasteiger partial charge on any atom is -0.366 e. The Morgan fingerprint density at radius 2 is 1.09 bits per heavy atom. The molecule has 0 aromatic heterocycles. The second kappa shape index (κ2) is 6.64.